The third-order valence-corrected chi connectivity index (χ3v) is 4.85. The minimum atomic E-state index is -0.630. The van der Waals surface area contributed by atoms with Crippen LogP contribution in [0.25, 0.3) is 0 Å². The third kappa shape index (κ3) is 5.36. The molecule has 8 heteroatoms. The Labute approximate surface area is 158 Å². The number of carbonyl (C=O) groups is 2. The Balaban J connectivity index is 1.88. The first-order chi connectivity index (χ1) is 12.2. The molecule has 0 bridgehead atoms. The van der Waals surface area contributed by atoms with Gasteiger partial charge in [-0.25, -0.2) is 4.79 Å². The van der Waals surface area contributed by atoms with Crippen molar-refractivity contribution in [3.05, 3.63) is 16.3 Å². The topological polar surface area (TPSA) is 94.5 Å². The maximum absolute atomic E-state index is 12.5. The van der Waals surface area contributed by atoms with Crippen LogP contribution in [0.15, 0.2) is 11.4 Å². The largest absolute Gasteiger partial charge is 0.444 e. The van der Waals surface area contributed by atoms with Crippen LogP contribution in [0.4, 0.5) is 10.5 Å². The molecule has 1 aromatic heterocycles. The van der Waals surface area contributed by atoms with Crippen LogP contribution in [-0.4, -0.2) is 42.8 Å². The van der Waals surface area contributed by atoms with Gasteiger partial charge in [0, 0.05) is 19.1 Å². The number of nitriles is 1. The number of carbonyl (C=O) groups excluding carboxylic acids is 2. The second kappa shape index (κ2) is 8.41. The predicted octanol–water partition coefficient (Wildman–Crippen LogP) is 2.62. The van der Waals surface area contributed by atoms with Crippen molar-refractivity contribution in [2.45, 2.75) is 58.2 Å². The molecule has 26 heavy (non-hydrogen) atoms. The lowest BCUT2D eigenvalue weighted by atomic mass is 10.2. The molecule has 7 nitrogen and oxygen atoms in total. The summed E-state index contributed by atoms with van der Waals surface area (Å²) in [5.74, 6) is -0.212. The van der Waals surface area contributed by atoms with Gasteiger partial charge >= 0.3 is 6.09 Å². The summed E-state index contributed by atoms with van der Waals surface area (Å²) in [5, 5.41) is 16.7. The fraction of sp³-hybridized carbons (Fsp3) is 0.611. The van der Waals surface area contributed by atoms with Crippen LogP contribution in [-0.2, 0) is 9.53 Å². The molecule has 1 fully saturated rings. The van der Waals surface area contributed by atoms with E-state index in [0.29, 0.717) is 17.8 Å². The van der Waals surface area contributed by atoms with Crippen molar-refractivity contribution in [1.82, 2.24) is 10.6 Å². The van der Waals surface area contributed by atoms with Crippen molar-refractivity contribution in [2.24, 2.45) is 0 Å². The Kier molecular flexibility index (Phi) is 6.48. The van der Waals surface area contributed by atoms with Crippen molar-refractivity contribution in [2.75, 3.05) is 18.0 Å². The zero-order valence-corrected chi connectivity index (χ0v) is 16.5. The summed E-state index contributed by atoms with van der Waals surface area (Å²) in [6.07, 6.45) is 0.685. The molecule has 0 unspecified atom stereocenters. The number of hydrogen-bond donors (Lipinski definition) is 2. The summed E-state index contributed by atoms with van der Waals surface area (Å²) >= 11 is 1.42. The SMILES string of the molecule is CC[C@H](NC(=O)OC(C)(C)C)C(=O)N[C@H]1CCN(c2ccsc2C#N)C1. The molecule has 2 heterocycles. The van der Waals surface area contributed by atoms with Gasteiger partial charge in [-0.3, -0.25) is 4.79 Å². The summed E-state index contributed by atoms with van der Waals surface area (Å²) in [7, 11) is 0. The summed E-state index contributed by atoms with van der Waals surface area (Å²) < 4.78 is 5.21. The van der Waals surface area contributed by atoms with Crippen LogP contribution >= 0.6 is 11.3 Å². The number of hydrogen-bond acceptors (Lipinski definition) is 6. The van der Waals surface area contributed by atoms with E-state index in [0.717, 1.165) is 18.7 Å². The summed E-state index contributed by atoms with van der Waals surface area (Å²) in [6, 6.07) is 3.50. The number of thiophene rings is 1. The highest BCUT2D eigenvalue weighted by molar-refractivity contribution is 7.11. The maximum Gasteiger partial charge on any atom is 0.408 e. The first-order valence-corrected chi connectivity index (χ1v) is 9.64. The molecule has 0 radical (unpaired) electrons. The van der Waals surface area contributed by atoms with Crippen LogP contribution in [0.5, 0.6) is 0 Å². The monoisotopic (exact) mass is 378 g/mol. The molecule has 2 N–H and O–H groups in total. The number of ether oxygens (including phenoxy) is 1. The third-order valence-electron chi connectivity index (χ3n) is 4.04. The van der Waals surface area contributed by atoms with Gasteiger partial charge in [-0.1, -0.05) is 6.92 Å². The van der Waals surface area contributed by atoms with Crippen LogP contribution in [0, 0.1) is 11.3 Å². The van der Waals surface area contributed by atoms with E-state index in [-0.39, 0.29) is 11.9 Å². The summed E-state index contributed by atoms with van der Waals surface area (Å²) in [5.41, 5.74) is 0.317. The first-order valence-electron chi connectivity index (χ1n) is 8.76. The molecule has 0 spiro atoms. The Morgan fingerprint density at radius 1 is 1.50 bits per heavy atom. The molecular formula is C18H26N4O3S. The molecule has 1 aliphatic rings. The Morgan fingerprint density at radius 3 is 2.85 bits per heavy atom. The molecule has 1 saturated heterocycles. The zero-order valence-electron chi connectivity index (χ0n) is 15.7. The zero-order chi connectivity index (χ0) is 19.3. The Morgan fingerprint density at radius 2 is 2.23 bits per heavy atom. The fourth-order valence-corrected chi connectivity index (χ4v) is 3.54. The second-order valence-electron chi connectivity index (χ2n) is 7.29. The van der Waals surface area contributed by atoms with E-state index in [1.807, 2.05) is 18.4 Å². The van der Waals surface area contributed by atoms with Gasteiger partial charge in [0.25, 0.3) is 0 Å². The van der Waals surface area contributed by atoms with E-state index in [1.54, 1.807) is 20.8 Å². The molecule has 0 saturated carbocycles. The molecule has 1 aliphatic heterocycles. The first kappa shape index (κ1) is 20.0. The number of anilines is 1. The highest BCUT2D eigenvalue weighted by Gasteiger charge is 2.29. The van der Waals surface area contributed by atoms with E-state index >= 15 is 0 Å². The normalized spacial score (nSPS) is 18.1. The van der Waals surface area contributed by atoms with E-state index in [2.05, 4.69) is 21.6 Å². The van der Waals surface area contributed by atoms with Crippen LogP contribution in [0.3, 0.4) is 0 Å². The van der Waals surface area contributed by atoms with Gasteiger partial charge < -0.3 is 20.3 Å². The van der Waals surface area contributed by atoms with E-state index < -0.39 is 17.7 Å². The van der Waals surface area contributed by atoms with E-state index in [4.69, 9.17) is 10.00 Å². The lowest BCUT2D eigenvalue weighted by Gasteiger charge is -2.24. The second-order valence-corrected chi connectivity index (χ2v) is 8.21. The van der Waals surface area contributed by atoms with Gasteiger partial charge in [-0.05, 0) is 45.1 Å². The van der Waals surface area contributed by atoms with Gasteiger partial charge in [-0.15, -0.1) is 11.3 Å². The number of nitrogens with one attached hydrogen (secondary N) is 2. The van der Waals surface area contributed by atoms with Gasteiger partial charge in [-0.2, -0.15) is 5.26 Å². The van der Waals surface area contributed by atoms with E-state index in [1.165, 1.54) is 11.3 Å². The lowest BCUT2D eigenvalue weighted by Crippen LogP contribution is -2.50. The van der Waals surface area contributed by atoms with Crippen molar-refractivity contribution in [3.63, 3.8) is 0 Å². The number of alkyl carbamates (subject to hydrolysis) is 1. The van der Waals surface area contributed by atoms with Crippen molar-refractivity contribution in [1.29, 1.82) is 5.26 Å². The summed E-state index contributed by atoms with van der Waals surface area (Å²) in [6.45, 7) is 8.61. The molecular weight excluding hydrogens is 352 g/mol. The Hall–Kier alpha value is -2.27. The highest BCUT2D eigenvalue weighted by atomic mass is 32.1. The Bertz CT molecular complexity index is 689. The van der Waals surface area contributed by atoms with Crippen LogP contribution < -0.4 is 15.5 Å². The van der Waals surface area contributed by atoms with Gasteiger partial charge in [0.2, 0.25) is 5.91 Å². The maximum atomic E-state index is 12.5. The molecule has 142 valence electrons. The number of amides is 2. The molecule has 0 aromatic carbocycles. The lowest BCUT2D eigenvalue weighted by molar-refractivity contribution is -0.123. The average Bonchev–Trinajstić information content (AvgIpc) is 3.18. The minimum Gasteiger partial charge on any atom is -0.444 e. The van der Waals surface area contributed by atoms with Gasteiger partial charge in [0.05, 0.1) is 5.69 Å². The standard InChI is InChI=1S/C18H26N4O3S/c1-5-13(21-17(24)25-18(2,3)4)16(23)20-12-6-8-22(11-12)14-7-9-26-15(14)10-19/h7,9,12-13H,5-6,8,11H2,1-4H3,(H,20,23)(H,21,24)/t12-,13-/m0/s1. The molecule has 0 aliphatic carbocycles. The number of rotatable bonds is 5. The summed E-state index contributed by atoms with van der Waals surface area (Å²) in [4.78, 5) is 27.2. The molecule has 2 rings (SSSR count). The number of nitrogens with zero attached hydrogens (tertiary/aromatic N) is 2. The van der Waals surface area contributed by atoms with Gasteiger partial charge in [0.1, 0.15) is 22.6 Å². The fourth-order valence-electron chi connectivity index (χ4n) is 2.84. The minimum absolute atomic E-state index is 0.0107. The molecule has 2 amide bonds. The van der Waals surface area contributed by atoms with Crippen LogP contribution in [0.1, 0.15) is 45.4 Å². The van der Waals surface area contributed by atoms with Crippen LogP contribution in [0.2, 0.25) is 0 Å². The highest BCUT2D eigenvalue weighted by Crippen LogP contribution is 2.28. The quantitative estimate of drug-likeness (QED) is 0.821. The predicted molar refractivity (Wildman–Crippen MR) is 101 cm³/mol. The van der Waals surface area contributed by atoms with Crippen molar-refractivity contribution < 1.29 is 14.3 Å². The average molecular weight is 378 g/mol. The van der Waals surface area contributed by atoms with Crippen molar-refractivity contribution in [3.8, 4) is 6.07 Å². The molecule has 2 atom stereocenters. The smallest absolute Gasteiger partial charge is 0.408 e. The van der Waals surface area contributed by atoms with Gasteiger partial charge in [0.15, 0.2) is 0 Å². The van der Waals surface area contributed by atoms with Crippen molar-refractivity contribution >= 4 is 29.0 Å². The molecule has 1 aromatic rings. The van der Waals surface area contributed by atoms with E-state index in [9.17, 15) is 9.59 Å².